The van der Waals surface area contributed by atoms with Crippen molar-refractivity contribution in [1.82, 2.24) is 14.8 Å². The lowest BCUT2D eigenvalue weighted by Crippen LogP contribution is -2.29. The van der Waals surface area contributed by atoms with Crippen LogP contribution >= 0.6 is 15.9 Å². The molecule has 0 aliphatic carbocycles. The minimum atomic E-state index is -0.332. The van der Waals surface area contributed by atoms with Gasteiger partial charge in [-0.25, -0.2) is 9.07 Å². The van der Waals surface area contributed by atoms with Crippen LogP contribution in [-0.4, -0.2) is 20.7 Å². The minimum absolute atomic E-state index is 0.133. The lowest BCUT2D eigenvalue weighted by atomic mass is 10.0. The molecule has 0 bridgehead atoms. The van der Waals surface area contributed by atoms with E-state index in [4.69, 9.17) is 4.74 Å². The van der Waals surface area contributed by atoms with E-state index in [2.05, 4.69) is 31.3 Å². The first-order valence-electron chi connectivity index (χ1n) is 7.96. The Bertz CT molecular complexity index is 975. The number of anilines is 1. The predicted molar refractivity (Wildman–Crippen MR) is 96.3 cm³/mol. The highest BCUT2D eigenvalue weighted by Gasteiger charge is 2.30. The Balaban J connectivity index is 1.67. The molecule has 1 aliphatic rings. The van der Waals surface area contributed by atoms with Gasteiger partial charge in [-0.05, 0) is 35.9 Å². The first-order chi connectivity index (χ1) is 12.6. The Hall–Kier alpha value is -2.74. The molecule has 2 heterocycles. The van der Waals surface area contributed by atoms with Gasteiger partial charge < -0.3 is 4.74 Å². The van der Waals surface area contributed by atoms with E-state index in [9.17, 15) is 9.18 Å². The van der Waals surface area contributed by atoms with Crippen LogP contribution in [0.4, 0.5) is 10.3 Å². The van der Waals surface area contributed by atoms with Crippen LogP contribution < -0.4 is 10.1 Å². The number of nitrogens with one attached hydrogen (secondary N) is 1. The number of fused-ring (bicyclic) bond motifs is 1. The molecule has 0 unspecified atom stereocenters. The van der Waals surface area contributed by atoms with Gasteiger partial charge in [-0.1, -0.05) is 28.1 Å². The molecule has 1 N–H and O–H groups in total. The van der Waals surface area contributed by atoms with Crippen molar-refractivity contribution >= 4 is 27.8 Å². The van der Waals surface area contributed by atoms with Gasteiger partial charge in [0.05, 0.1) is 12.5 Å². The molecule has 1 atom stereocenters. The van der Waals surface area contributed by atoms with E-state index >= 15 is 0 Å². The number of benzene rings is 2. The van der Waals surface area contributed by atoms with E-state index in [1.807, 2.05) is 18.2 Å². The van der Waals surface area contributed by atoms with Crippen molar-refractivity contribution in [2.75, 3.05) is 5.32 Å². The monoisotopic (exact) mass is 416 g/mol. The Kier molecular flexibility index (Phi) is 4.42. The lowest BCUT2D eigenvalue weighted by Gasteiger charge is -2.25. The SMILES string of the molecule is O=C1C[C@@H](c2cc(Br)ccc2OCc2cccc(F)c2)n2ncnc2N1. The Morgan fingerprint density at radius 2 is 2.19 bits per heavy atom. The second-order valence-corrected chi connectivity index (χ2v) is 6.81. The fraction of sp³-hybridized carbons (Fsp3) is 0.167. The van der Waals surface area contributed by atoms with Crippen LogP contribution in [0.5, 0.6) is 5.75 Å². The fourth-order valence-electron chi connectivity index (χ4n) is 2.95. The number of nitrogens with zero attached hydrogens (tertiary/aromatic N) is 3. The second kappa shape index (κ2) is 6.87. The van der Waals surface area contributed by atoms with Crippen LogP contribution in [0.25, 0.3) is 0 Å². The van der Waals surface area contributed by atoms with E-state index in [0.29, 0.717) is 11.7 Å². The third-order valence-electron chi connectivity index (χ3n) is 4.11. The number of carbonyl (C=O) groups excluding carboxylic acids is 1. The highest BCUT2D eigenvalue weighted by molar-refractivity contribution is 9.10. The number of hydrogen-bond acceptors (Lipinski definition) is 4. The normalized spacial score (nSPS) is 16.1. The van der Waals surface area contributed by atoms with E-state index in [1.165, 1.54) is 18.5 Å². The van der Waals surface area contributed by atoms with Gasteiger partial charge in [0.2, 0.25) is 11.9 Å². The van der Waals surface area contributed by atoms with Gasteiger partial charge in [0.25, 0.3) is 0 Å². The molecule has 4 rings (SSSR count). The summed E-state index contributed by atoms with van der Waals surface area (Å²) in [6.45, 7) is 0.218. The lowest BCUT2D eigenvalue weighted by molar-refractivity contribution is -0.117. The number of amides is 1. The molecule has 1 aliphatic heterocycles. The predicted octanol–water partition coefficient (Wildman–Crippen LogP) is 3.69. The van der Waals surface area contributed by atoms with Gasteiger partial charge in [-0.3, -0.25) is 10.1 Å². The maximum absolute atomic E-state index is 13.4. The number of hydrogen-bond donors (Lipinski definition) is 1. The summed E-state index contributed by atoms with van der Waals surface area (Å²) in [6.07, 6.45) is 1.63. The molecule has 26 heavy (non-hydrogen) atoms. The van der Waals surface area contributed by atoms with Gasteiger partial charge in [0, 0.05) is 10.0 Å². The molecular weight excluding hydrogens is 403 g/mol. The molecule has 1 aromatic heterocycles. The molecule has 2 aromatic carbocycles. The third-order valence-corrected chi connectivity index (χ3v) is 4.61. The molecule has 0 fully saturated rings. The Morgan fingerprint density at radius 3 is 3.04 bits per heavy atom. The van der Waals surface area contributed by atoms with Crippen molar-refractivity contribution in [2.24, 2.45) is 0 Å². The van der Waals surface area contributed by atoms with Crippen LogP contribution in [0.2, 0.25) is 0 Å². The number of halogens is 2. The average molecular weight is 417 g/mol. The smallest absolute Gasteiger partial charge is 0.229 e. The zero-order chi connectivity index (χ0) is 18.1. The number of rotatable bonds is 4. The molecule has 0 radical (unpaired) electrons. The quantitative estimate of drug-likeness (QED) is 0.703. The highest BCUT2D eigenvalue weighted by atomic mass is 79.9. The van der Waals surface area contributed by atoms with Crippen LogP contribution in [0.15, 0.2) is 53.3 Å². The third kappa shape index (κ3) is 3.32. The molecule has 8 heteroatoms. The fourth-order valence-corrected chi connectivity index (χ4v) is 3.32. The van der Waals surface area contributed by atoms with E-state index in [-0.39, 0.29) is 30.8 Å². The molecule has 0 saturated heterocycles. The number of aromatic nitrogens is 3. The van der Waals surface area contributed by atoms with E-state index in [1.54, 1.807) is 16.8 Å². The van der Waals surface area contributed by atoms with Gasteiger partial charge in [0.1, 0.15) is 24.5 Å². The average Bonchev–Trinajstić information content (AvgIpc) is 3.08. The minimum Gasteiger partial charge on any atom is -0.489 e. The first kappa shape index (κ1) is 16.7. The van der Waals surface area contributed by atoms with Crippen molar-refractivity contribution in [2.45, 2.75) is 19.1 Å². The summed E-state index contributed by atoms with van der Waals surface area (Å²) in [6, 6.07) is 11.5. The van der Waals surface area contributed by atoms with Crippen LogP contribution in [-0.2, 0) is 11.4 Å². The second-order valence-electron chi connectivity index (χ2n) is 5.90. The molecule has 0 saturated carbocycles. The van der Waals surface area contributed by atoms with E-state index in [0.717, 1.165) is 15.6 Å². The zero-order valence-electron chi connectivity index (χ0n) is 13.5. The summed E-state index contributed by atoms with van der Waals surface area (Å²) in [4.78, 5) is 16.1. The molecule has 6 nitrogen and oxygen atoms in total. The van der Waals surface area contributed by atoms with Crippen LogP contribution in [0, 0.1) is 5.82 Å². The van der Waals surface area contributed by atoms with Crippen LogP contribution in [0.1, 0.15) is 23.6 Å². The van der Waals surface area contributed by atoms with Gasteiger partial charge >= 0.3 is 0 Å². The summed E-state index contributed by atoms with van der Waals surface area (Å²) in [5, 5.41) is 6.91. The molecule has 132 valence electrons. The summed E-state index contributed by atoms with van der Waals surface area (Å²) in [5.41, 5.74) is 1.53. The summed E-state index contributed by atoms with van der Waals surface area (Å²) in [5.74, 6) is 0.575. The van der Waals surface area contributed by atoms with Crippen molar-refractivity contribution < 1.29 is 13.9 Å². The summed E-state index contributed by atoms with van der Waals surface area (Å²) >= 11 is 3.46. The maximum atomic E-state index is 13.4. The Morgan fingerprint density at radius 1 is 1.31 bits per heavy atom. The standard InChI is InChI=1S/C18H14BrFN4O2/c19-12-4-5-16(26-9-11-2-1-3-13(20)6-11)14(7-12)15-8-17(25)23-18-21-10-22-24(15)18/h1-7,10,15H,8-9H2,(H,21,22,23,25)/t15-/m0/s1. The topological polar surface area (TPSA) is 69.0 Å². The van der Waals surface area contributed by atoms with Crippen molar-refractivity contribution in [3.8, 4) is 5.75 Å². The van der Waals surface area contributed by atoms with Crippen molar-refractivity contribution in [1.29, 1.82) is 0 Å². The first-order valence-corrected chi connectivity index (χ1v) is 8.75. The zero-order valence-corrected chi connectivity index (χ0v) is 15.1. The molecule has 3 aromatic rings. The number of ether oxygens (including phenoxy) is 1. The molecule has 1 amide bonds. The van der Waals surface area contributed by atoms with E-state index < -0.39 is 0 Å². The largest absolute Gasteiger partial charge is 0.489 e. The molecular formula is C18H14BrFN4O2. The molecule has 0 spiro atoms. The van der Waals surface area contributed by atoms with Gasteiger partial charge in [0.15, 0.2) is 0 Å². The number of carbonyl (C=O) groups is 1. The van der Waals surface area contributed by atoms with Gasteiger partial charge in [-0.15, -0.1) is 0 Å². The van der Waals surface area contributed by atoms with Gasteiger partial charge in [-0.2, -0.15) is 10.1 Å². The summed E-state index contributed by atoms with van der Waals surface area (Å²) < 4.78 is 21.8. The van der Waals surface area contributed by atoms with Crippen molar-refractivity contribution in [3.63, 3.8) is 0 Å². The summed E-state index contributed by atoms with van der Waals surface area (Å²) in [7, 11) is 0. The Labute approximate surface area is 157 Å². The maximum Gasteiger partial charge on any atom is 0.229 e. The highest BCUT2D eigenvalue weighted by Crippen LogP contribution is 2.36. The van der Waals surface area contributed by atoms with Crippen molar-refractivity contribution in [3.05, 3.63) is 70.2 Å². The van der Waals surface area contributed by atoms with Crippen LogP contribution in [0.3, 0.4) is 0 Å².